The number of carbonyl (C=O) groups excluding carboxylic acids is 2. The first-order valence-corrected chi connectivity index (χ1v) is 8.87. The summed E-state index contributed by atoms with van der Waals surface area (Å²) in [6.07, 6.45) is 3.39. The zero-order chi connectivity index (χ0) is 17.9. The molecule has 0 bridgehead atoms. The molecule has 128 valence electrons. The van der Waals surface area contributed by atoms with Crippen molar-refractivity contribution in [1.82, 2.24) is 0 Å². The third-order valence-corrected chi connectivity index (χ3v) is 5.04. The van der Waals surface area contributed by atoms with Gasteiger partial charge in [-0.2, -0.15) is 0 Å². The molecule has 2 rings (SSSR count). The van der Waals surface area contributed by atoms with Gasteiger partial charge >= 0.3 is 5.97 Å². The summed E-state index contributed by atoms with van der Waals surface area (Å²) >= 11 is 1.65. The van der Waals surface area contributed by atoms with E-state index in [-0.39, 0.29) is 18.0 Å². The van der Waals surface area contributed by atoms with E-state index in [1.807, 2.05) is 6.08 Å². The monoisotopic (exact) mass is 345 g/mol. The van der Waals surface area contributed by atoms with Crippen LogP contribution in [0.25, 0.3) is 0 Å². The maximum Gasteiger partial charge on any atom is 0.341 e. The molecule has 0 saturated heterocycles. The van der Waals surface area contributed by atoms with Crippen LogP contribution < -0.4 is 4.90 Å². The summed E-state index contributed by atoms with van der Waals surface area (Å²) in [5.74, 6) is -0.863. The molecule has 0 aromatic heterocycles. The van der Waals surface area contributed by atoms with Gasteiger partial charge in [0.1, 0.15) is 5.57 Å². The average molecular weight is 345 g/mol. The van der Waals surface area contributed by atoms with Crippen LogP contribution in [-0.4, -0.2) is 24.9 Å². The fourth-order valence-corrected chi connectivity index (χ4v) is 3.70. The Labute approximate surface area is 147 Å². The van der Waals surface area contributed by atoms with Gasteiger partial charge in [0.15, 0.2) is 5.78 Å². The van der Waals surface area contributed by atoms with E-state index in [0.717, 1.165) is 11.6 Å². The minimum absolute atomic E-state index is 0.0734. The number of carbonyl (C=O) groups is 2. The summed E-state index contributed by atoms with van der Waals surface area (Å²) in [6.45, 7) is 10.5. The lowest BCUT2D eigenvalue weighted by atomic mass is 10.1. The van der Waals surface area contributed by atoms with Crippen molar-refractivity contribution in [2.24, 2.45) is 0 Å². The molecule has 0 N–H and O–H groups in total. The van der Waals surface area contributed by atoms with Crippen LogP contribution in [0.3, 0.4) is 0 Å². The van der Waals surface area contributed by atoms with Crippen LogP contribution in [0.2, 0.25) is 0 Å². The first-order valence-electron chi connectivity index (χ1n) is 8.05. The van der Waals surface area contributed by atoms with Crippen molar-refractivity contribution >= 4 is 29.2 Å². The number of benzene rings is 1. The van der Waals surface area contributed by atoms with Gasteiger partial charge in [0, 0.05) is 11.4 Å². The molecular weight excluding hydrogens is 322 g/mol. The summed E-state index contributed by atoms with van der Waals surface area (Å²) < 4.78 is 4.95. The van der Waals surface area contributed by atoms with Crippen LogP contribution >= 0.6 is 11.8 Å². The van der Waals surface area contributed by atoms with Crippen molar-refractivity contribution < 1.29 is 14.3 Å². The summed E-state index contributed by atoms with van der Waals surface area (Å²) in [4.78, 5) is 27.0. The average Bonchev–Trinajstić information content (AvgIpc) is 2.84. The molecule has 5 heteroatoms. The second-order valence-electron chi connectivity index (χ2n) is 5.61. The van der Waals surface area contributed by atoms with E-state index in [1.165, 1.54) is 28.6 Å². The fraction of sp³-hybridized carbons (Fsp3) is 0.368. The van der Waals surface area contributed by atoms with Crippen LogP contribution in [-0.2, 0) is 14.3 Å². The lowest BCUT2D eigenvalue weighted by Gasteiger charge is -2.18. The van der Waals surface area contributed by atoms with E-state index in [2.05, 4.69) is 37.8 Å². The van der Waals surface area contributed by atoms with Gasteiger partial charge in [-0.05, 0) is 70.0 Å². The highest BCUT2D eigenvalue weighted by atomic mass is 32.2. The SMILES string of the molecule is CCOC(=O)/C(=C/C=C1\Sc2cc(C)c(C)cc2N1CC)C(C)=O. The van der Waals surface area contributed by atoms with E-state index < -0.39 is 5.97 Å². The number of ether oxygens (including phenoxy) is 1. The highest BCUT2D eigenvalue weighted by Crippen LogP contribution is 2.46. The zero-order valence-corrected chi connectivity index (χ0v) is 15.6. The maximum atomic E-state index is 11.9. The van der Waals surface area contributed by atoms with Crippen LogP contribution in [0.15, 0.2) is 39.8 Å². The molecule has 1 heterocycles. The van der Waals surface area contributed by atoms with Gasteiger partial charge in [0.2, 0.25) is 0 Å². The number of esters is 1. The van der Waals surface area contributed by atoms with Crippen molar-refractivity contribution in [2.75, 3.05) is 18.1 Å². The fourth-order valence-electron chi connectivity index (χ4n) is 2.50. The molecule has 1 aromatic rings. The van der Waals surface area contributed by atoms with Gasteiger partial charge in [-0.1, -0.05) is 11.8 Å². The van der Waals surface area contributed by atoms with Crippen molar-refractivity contribution in [3.05, 3.63) is 46.0 Å². The summed E-state index contributed by atoms with van der Waals surface area (Å²) in [5, 5.41) is 1.00. The molecule has 1 aliphatic heterocycles. The largest absolute Gasteiger partial charge is 0.462 e. The molecule has 0 fully saturated rings. The van der Waals surface area contributed by atoms with Gasteiger partial charge in [-0.15, -0.1) is 0 Å². The highest BCUT2D eigenvalue weighted by Gasteiger charge is 2.24. The lowest BCUT2D eigenvalue weighted by Crippen LogP contribution is -2.17. The first kappa shape index (κ1) is 18.3. The highest BCUT2D eigenvalue weighted by molar-refractivity contribution is 8.03. The number of hydrogen-bond donors (Lipinski definition) is 0. The van der Waals surface area contributed by atoms with Crippen molar-refractivity contribution in [1.29, 1.82) is 0 Å². The van der Waals surface area contributed by atoms with E-state index in [9.17, 15) is 9.59 Å². The smallest absolute Gasteiger partial charge is 0.341 e. The molecule has 1 aliphatic rings. The number of thioether (sulfide) groups is 1. The van der Waals surface area contributed by atoms with Crippen molar-refractivity contribution in [3.63, 3.8) is 0 Å². The predicted octanol–water partition coefficient (Wildman–Crippen LogP) is 4.16. The van der Waals surface area contributed by atoms with Crippen molar-refractivity contribution in [3.8, 4) is 0 Å². The number of allylic oxidation sites excluding steroid dienone is 2. The Morgan fingerprint density at radius 3 is 2.46 bits per heavy atom. The topological polar surface area (TPSA) is 46.6 Å². The van der Waals surface area contributed by atoms with Gasteiger partial charge in [0.25, 0.3) is 0 Å². The van der Waals surface area contributed by atoms with Crippen LogP contribution in [0.4, 0.5) is 5.69 Å². The number of fused-ring (bicyclic) bond motifs is 1. The van der Waals surface area contributed by atoms with Gasteiger partial charge in [-0.3, -0.25) is 4.79 Å². The minimum atomic E-state index is -0.572. The third-order valence-electron chi connectivity index (χ3n) is 3.93. The summed E-state index contributed by atoms with van der Waals surface area (Å²) in [7, 11) is 0. The third kappa shape index (κ3) is 3.73. The Morgan fingerprint density at radius 2 is 1.88 bits per heavy atom. The lowest BCUT2D eigenvalue weighted by molar-refractivity contribution is -0.139. The molecule has 0 unspecified atom stereocenters. The Kier molecular flexibility index (Phi) is 5.89. The Hall–Kier alpha value is -2.01. The van der Waals surface area contributed by atoms with Crippen LogP contribution in [0.1, 0.15) is 31.9 Å². The molecule has 24 heavy (non-hydrogen) atoms. The van der Waals surface area contributed by atoms with E-state index in [1.54, 1.807) is 24.8 Å². The molecule has 0 saturated carbocycles. The molecule has 4 nitrogen and oxygen atoms in total. The van der Waals surface area contributed by atoms with Crippen molar-refractivity contribution in [2.45, 2.75) is 39.5 Å². The molecule has 0 atom stereocenters. The second kappa shape index (κ2) is 7.71. The number of ketones is 1. The maximum absolute atomic E-state index is 11.9. The van der Waals surface area contributed by atoms with Gasteiger partial charge in [0.05, 0.1) is 17.3 Å². The normalized spacial score (nSPS) is 15.6. The number of hydrogen-bond acceptors (Lipinski definition) is 5. The molecule has 0 radical (unpaired) electrons. The number of anilines is 1. The standard InChI is InChI=1S/C19H23NO3S/c1-6-20-16-10-12(3)13(4)11-17(16)24-18(20)9-8-15(14(5)21)19(22)23-7-2/h8-11H,6-7H2,1-5H3/b15-8+,18-9-. The Balaban J connectivity index is 2.37. The Bertz CT molecular complexity index is 734. The van der Waals surface area contributed by atoms with Crippen LogP contribution in [0, 0.1) is 13.8 Å². The molecular formula is C19H23NO3S. The quantitative estimate of drug-likeness (QED) is 0.347. The van der Waals surface area contributed by atoms with E-state index in [4.69, 9.17) is 4.74 Å². The summed E-state index contributed by atoms with van der Waals surface area (Å²) in [5.41, 5.74) is 3.75. The van der Waals surface area contributed by atoms with E-state index >= 15 is 0 Å². The molecule has 0 aliphatic carbocycles. The summed E-state index contributed by atoms with van der Waals surface area (Å²) in [6, 6.07) is 4.36. The predicted molar refractivity (Wildman–Crippen MR) is 98.3 cm³/mol. The number of aryl methyl sites for hydroxylation is 2. The van der Waals surface area contributed by atoms with Crippen LogP contribution in [0.5, 0.6) is 0 Å². The number of rotatable bonds is 5. The number of Topliss-reactive ketones (excluding diaryl/α,β-unsaturated/α-hetero) is 1. The van der Waals surface area contributed by atoms with Gasteiger partial charge < -0.3 is 9.64 Å². The minimum Gasteiger partial charge on any atom is -0.462 e. The van der Waals surface area contributed by atoms with Gasteiger partial charge in [-0.25, -0.2) is 4.79 Å². The molecule has 1 aromatic carbocycles. The Morgan fingerprint density at radius 1 is 1.21 bits per heavy atom. The molecule has 0 spiro atoms. The van der Waals surface area contributed by atoms with E-state index in [0.29, 0.717) is 0 Å². The number of nitrogens with zero attached hydrogens (tertiary/aromatic N) is 1. The first-order chi connectivity index (χ1) is 11.4. The zero-order valence-electron chi connectivity index (χ0n) is 14.8. The second-order valence-corrected chi connectivity index (χ2v) is 6.67. The molecule has 0 amide bonds.